The van der Waals surface area contributed by atoms with Gasteiger partial charge in [-0.1, -0.05) is 12.1 Å². The normalized spacial score (nSPS) is 18.8. The fraction of sp³-hybridized carbons (Fsp3) is 0.600. The van der Waals surface area contributed by atoms with Crippen molar-refractivity contribution in [1.82, 2.24) is 10.2 Å². The second-order valence-corrected chi connectivity index (χ2v) is 5.48. The average molecular weight is 301 g/mol. The molecule has 0 aromatic heterocycles. The summed E-state index contributed by atoms with van der Waals surface area (Å²) in [5, 5.41) is 3.18. The number of hydrogen-bond donors (Lipinski definition) is 1. The van der Waals surface area contributed by atoms with Gasteiger partial charge in [0.15, 0.2) is 0 Å². The van der Waals surface area contributed by atoms with Crippen LogP contribution in [0.4, 0.5) is 18.9 Å². The number of piperazine rings is 1. The number of anilines is 1. The molecule has 1 atom stereocenters. The van der Waals surface area contributed by atoms with E-state index < -0.39 is 12.7 Å². The van der Waals surface area contributed by atoms with Crippen molar-refractivity contribution in [1.29, 1.82) is 0 Å². The van der Waals surface area contributed by atoms with Crippen molar-refractivity contribution in [3.63, 3.8) is 0 Å². The lowest BCUT2D eigenvalue weighted by Crippen LogP contribution is -2.49. The first-order valence-electron chi connectivity index (χ1n) is 7.20. The molecule has 118 valence electrons. The molecule has 0 aliphatic carbocycles. The number of nitrogens with one attached hydrogen (secondary N) is 1. The third kappa shape index (κ3) is 4.61. The number of alkyl halides is 3. The first-order valence-corrected chi connectivity index (χ1v) is 7.20. The minimum Gasteiger partial charge on any atom is -0.369 e. The Morgan fingerprint density at radius 2 is 1.67 bits per heavy atom. The molecular formula is C15H22F3N3. The van der Waals surface area contributed by atoms with Crippen LogP contribution in [-0.2, 0) is 0 Å². The first-order chi connectivity index (χ1) is 9.89. The third-order valence-electron chi connectivity index (χ3n) is 3.97. The molecule has 1 saturated heterocycles. The summed E-state index contributed by atoms with van der Waals surface area (Å²) in [4.78, 5) is 3.61. The van der Waals surface area contributed by atoms with Gasteiger partial charge in [0.1, 0.15) is 0 Å². The zero-order valence-corrected chi connectivity index (χ0v) is 12.5. The Morgan fingerprint density at radius 1 is 1.10 bits per heavy atom. The van der Waals surface area contributed by atoms with Crippen LogP contribution in [0.2, 0.25) is 0 Å². The molecule has 3 nitrogen and oxygen atoms in total. The van der Waals surface area contributed by atoms with Gasteiger partial charge in [-0.3, -0.25) is 4.90 Å². The van der Waals surface area contributed by atoms with Crippen molar-refractivity contribution in [2.45, 2.75) is 19.1 Å². The molecule has 1 aromatic rings. The molecule has 0 spiro atoms. The summed E-state index contributed by atoms with van der Waals surface area (Å²) in [7, 11) is 1.92. The molecule has 0 saturated carbocycles. The minimum absolute atomic E-state index is 0.294. The molecule has 1 heterocycles. The zero-order chi connectivity index (χ0) is 15.5. The van der Waals surface area contributed by atoms with E-state index in [4.69, 9.17) is 0 Å². The lowest BCUT2D eigenvalue weighted by atomic mass is 10.1. The minimum atomic E-state index is -4.10. The Bertz CT molecular complexity index is 436. The highest BCUT2D eigenvalue weighted by molar-refractivity contribution is 5.48. The van der Waals surface area contributed by atoms with E-state index in [1.807, 2.05) is 19.2 Å². The summed E-state index contributed by atoms with van der Waals surface area (Å²) in [5.41, 5.74) is 2.28. The summed E-state index contributed by atoms with van der Waals surface area (Å²) in [6, 6.07) is 8.52. The molecule has 1 aromatic carbocycles. The van der Waals surface area contributed by atoms with Crippen LogP contribution < -0.4 is 10.2 Å². The van der Waals surface area contributed by atoms with Crippen LogP contribution in [0, 0.1) is 0 Å². The van der Waals surface area contributed by atoms with Gasteiger partial charge < -0.3 is 10.2 Å². The summed E-state index contributed by atoms with van der Waals surface area (Å²) in [6.07, 6.45) is -4.10. The number of hydrogen-bond acceptors (Lipinski definition) is 3. The van der Waals surface area contributed by atoms with Crippen molar-refractivity contribution < 1.29 is 13.2 Å². The van der Waals surface area contributed by atoms with Gasteiger partial charge in [-0.05, 0) is 31.7 Å². The summed E-state index contributed by atoms with van der Waals surface area (Å²) in [6.45, 7) is 3.46. The lowest BCUT2D eigenvalue weighted by molar-refractivity contribution is -0.146. The van der Waals surface area contributed by atoms with E-state index in [0.717, 1.165) is 5.69 Å². The van der Waals surface area contributed by atoms with E-state index in [1.165, 1.54) is 10.5 Å². The molecule has 21 heavy (non-hydrogen) atoms. The van der Waals surface area contributed by atoms with E-state index in [1.54, 1.807) is 0 Å². The molecule has 1 fully saturated rings. The van der Waals surface area contributed by atoms with Crippen molar-refractivity contribution in [2.75, 3.05) is 44.7 Å². The summed E-state index contributed by atoms with van der Waals surface area (Å²) in [5.74, 6) is 0. The Labute approximate surface area is 123 Å². The highest BCUT2D eigenvalue weighted by Crippen LogP contribution is 2.22. The fourth-order valence-electron chi connectivity index (χ4n) is 2.56. The molecule has 1 aliphatic heterocycles. The van der Waals surface area contributed by atoms with Gasteiger partial charge in [0.05, 0.1) is 6.54 Å². The van der Waals surface area contributed by atoms with Crippen LogP contribution in [0.25, 0.3) is 0 Å². The number of nitrogens with zero attached hydrogens (tertiary/aromatic N) is 2. The molecule has 1 aliphatic rings. The van der Waals surface area contributed by atoms with Gasteiger partial charge in [-0.15, -0.1) is 0 Å². The Morgan fingerprint density at radius 3 is 2.14 bits per heavy atom. The second kappa shape index (κ2) is 6.66. The van der Waals surface area contributed by atoms with Gasteiger partial charge in [0.2, 0.25) is 0 Å². The van der Waals surface area contributed by atoms with E-state index in [9.17, 15) is 13.2 Å². The molecule has 1 N–H and O–H groups in total. The molecule has 2 rings (SSSR count). The number of benzene rings is 1. The van der Waals surface area contributed by atoms with Gasteiger partial charge in [0.25, 0.3) is 0 Å². The number of rotatable bonds is 4. The van der Waals surface area contributed by atoms with Crippen molar-refractivity contribution >= 4 is 5.69 Å². The maximum absolute atomic E-state index is 12.4. The van der Waals surface area contributed by atoms with Gasteiger partial charge in [0, 0.05) is 37.9 Å². The summed E-state index contributed by atoms with van der Waals surface area (Å²) >= 11 is 0. The molecule has 0 bridgehead atoms. The molecule has 1 unspecified atom stereocenters. The predicted molar refractivity (Wildman–Crippen MR) is 78.6 cm³/mol. The molecule has 6 heteroatoms. The standard InChI is InChI=1S/C15H22F3N3/c1-12(19-2)13-3-5-14(6-4-13)21-9-7-20(8-10-21)11-15(16,17)18/h3-6,12,19H,7-11H2,1-2H3. The molecular weight excluding hydrogens is 279 g/mol. The lowest BCUT2D eigenvalue weighted by Gasteiger charge is -2.36. The topological polar surface area (TPSA) is 18.5 Å². The fourth-order valence-corrected chi connectivity index (χ4v) is 2.56. The van der Waals surface area contributed by atoms with Crippen molar-refractivity contribution in [2.24, 2.45) is 0 Å². The SMILES string of the molecule is CNC(C)c1ccc(N2CCN(CC(F)(F)F)CC2)cc1. The predicted octanol–water partition coefficient (Wildman–Crippen LogP) is 2.65. The zero-order valence-electron chi connectivity index (χ0n) is 12.5. The smallest absolute Gasteiger partial charge is 0.369 e. The Kier molecular flexibility index (Phi) is 5.11. The third-order valence-corrected chi connectivity index (χ3v) is 3.97. The maximum Gasteiger partial charge on any atom is 0.401 e. The quantitative estimate of drug-likeness (QED) is 0.922. The van der Waals surface area contributed by atoms with Crippen LogP contribution in [0.5, 0.6) is 0 Å². The monoisotopic (exact) mass is 301 g/mol. The highest BCUT2D eigenvalue weighted by Gasteiger charge is 2.32. The van der Waals surface area contributed by atoms with Gasteiger partial charge in [-0.25, -0.2) is 0 Å². The average Bonchev–Trinajstić information content (AvgIpc) is 2.46. The largest absolute Gasteiger partial charge is 0.401 e. The van der Waals surface area contributed by atoms with E-state index >= 15 is 0 Å². The van der Waals surface area contributed by atoms with Crippen LogP contribution in [0.15, 0.2) is 24.3 Å². The van der Waals surface area contributed by atoms with Gasteiger partial charge >= 0.3 is 6.18 Å². The van der Waals surface area contributed by atoms with Crippen molar-refractivity contribution in [3.8, 4) is 0 Å². The van der Waals surface area contributed by atoms with Crippen LogP contribution >= 0.6 is 0 Å². The summed E-state index contributed by atoms with van der Waals surface area (Å²) < 4.78 is 37.1. The Hall–Kier alpha value is -1.27. The second-order valence-electron chi connectivity index (χ2n) is 5.48. The van der Waals surface area contributed by atoms with E-state index in [-0.39, 0.29) is 0 Å². The van der Waals surface area contributed by atoms with Gasteiger partial charge in [-0.2, -0.15) is 13.2 Å². The van der Waals surface area contributed by atoms with E-state index in [0.29, 0.717) is 32.2 Å². The van der Waals surface area contributed by atoms with Crippen LogP contribution in [0.1, 0.15) is 18.5 Å². The van der Waals surface area contributed by atoms with Crippen LogP contribution in [-0.4, -0.2) is 50.8 Å². The number of halogens is 3. The Balaban J connectivity index is 1.90. The van der Waals surface area contributed by atoms with Crippen molar-refractivity contribution in [3.05, 3.63) is 29.8 Å². The maximum atomic E-state index is 12.4. The first kappa shape index (κ1) is 16.1. The molecule has 0 amide bonds. The molecule has 0 radical (unpaired) electrons. The highest BCUT2D eigenvalue weighted by atomic mass is 19.4. The van der Waals surface area contributed by atoms with E-state index in [2.05, 4.69) is 29.3 Å². The van der Waals surface area contributed by atoms with Crippen LogP contribution in [0.3, 0.4) is 0 Å².